The summed E-state index contributed by atoms with van der Waals surface area (Å²) in [6.45, 7) is 2.23. The van der Waals surface area contributed by atoms with E-state index in [1.54, 1.807) is 56.9 Å². The highest BCUT2D eigenvalue weighted by Crippen LogP contribution is 2.38. The molecule has 4 heterocycles. The molecule has 1 amide bonds. The van der Waals surface area contributed by atoms with E-state index >= 15 is 0 Å². The number of nitrogens with zero attached hydrogens (tertiary/aromatic N) is 2. The van der Waals surface area contributed by atoms with Gasteiger partial charge in [0.25, 0.3) is 5.91 Å². The van der Waals surface area contributed by atoms with Crippen molar-refractivity contribution in [3.05, 3.63) is 88.9 Å². The summed E-state index contributed by atoms with van der Waals surface area (Å²) in [7, 11) is 1.57. The molecule has 174 valence electrons. The lowest BCUT2D eigenvalue weighted by molar-refractivity contribution is 0.0947. The summed E-state index contributed by atoms with van der Waals surface area (Å²) >= 11 is 0. The highest BCUT2D eigenvalue weighted by Gasteiger charge is 2.28. The van der Waals surface area contributed by atoms with Crippen LogP contribution in [-0.2, 0) is 6.42 Å². The second-order valence-electron chi connectivity index (χ2n) is 8.00. The second kappa shape index (κ2) is 9.31. The molecule has 7 nitrogen and oxygen atoms in total. The third-order valence-corrected chi connectivity index (χ3v) is 5.89. The number of halogens is 1. The highest BCUT2D eigenvalue weighted by atomic mass is 19.1. The Morgan fingerprint density at radius 1 is 1.14 bits per heavy atom. The molecule has 0 saturated heterocycles. The molecule has 5 rings (SSSR count). The number of H-pyrrole nitrogens is 1. The van der Waals surface area contributed by atoms with Crippen LogP contribution in [0, 0.1) is 24.6 Å². The summed E-state index contributed by atoms with van der Waals surface area (Å²) in [6.07, 6.45) is 5.63. The van der Waals surface area contributed by atoms with Crippen LogP contribution in [0.1, 0.15) is 32.9 Å². The number of aromatic nitrogens is 3. The maximum atomic E-state index is 14.3. The number of nitrogens with one attached hydrogen (secondary N) is 3. The maximum Gasteiger partial charge on any atom is 0.255 e. The van der Waals surface area contributed by atoms with Gasteiger partial charge in [-0.25, -0.2) is 9.37 Å². The van der Waals surface area contributed by atoms with Gasteiger partial charge in [0, 0.05) is 54.1 Å². The van der Waals surface area contributed by atoms with E-state index in [2.05, 4.69) is 37.4 Å². The summed E-state index contributed by atoms with van der Waals surface area (Å²) in [5.41, 5.74) is 5.49. The lowest BCUT2D eigenvalue weighted by Crippen LogP contribution is -2.31. The first-order valence-electron chi connectivity index (χ1n) is 11.1. The Balaban J connectivity index is 1.66. The van der Waals surface area contributed by atoms with Gasteiger partial charge in [0.05, 0.1) is 29.6 Å². The van der Waals surface area contributed by atoms with Crippen molar-refractivity contribution < 1.29 is 13.9 Å². The van der Waals surface area contributed by atoms with Crippen LogP contribution in [0.2, 0.25) is 0 Å². The van der Waals surface area contributed by atoms with Crippen molar-refractivity contribution in [1.82, 2.24) is 20.3 Å². The smallest absolute Gasteiger partial charge is 0.255 e. The van der Waals surface area contributed by atoms with Gasteiger partial charge < -0.3 is 20.4 Å². The minimum absolute atomic E-state index is 0.190. The molecule has 0 atom stereocenters. The molecule has 1 aliphatic heterocycles. The number of hydrogen-bond donors (Lipinski definition) is 3. The van der Waals surface area contributed by atoms with Crippen molar-refractivity contribution in [3.8, 4) is 28.8 Å². The Morgan fingerprint density at radius 3 is 2.89 bits per heavy atom. The first kappa shape index (κ1) is 22.2. The minimum Gasteiger partial charge on any atom is -0.494 e. The molecule has 0 unspecified atom stereocenters. The van der Waals surface area contributed by atoms with Crippen molar-refractivity contribution in [3.63, 3.8) is 0 Å². The standard InChI is InChI=1S/C27H22FN5O2/c1-16-19(28)5-3-6-20(16)32-26-24-22(11-14-31-27(24)34)33-25(26)18-10-13-29-15-17(18)8-9-21-23(35-2)7-4-12-30-21/h3-7,10,12-13,15,32-33H,11,14H2,1-2H3,(H,31,34). The summed E-state index contributed by atoms with van der Waals surface area (Å²) in [5, 5.41) is 6.20. The van der Waals surface area contributed by atoms with Gasteiger partial charge in [0.15, 0.2) is 11.4 Å². The van der Waals surface area contributed by atoms with E-state index in [9.17, 15) is 9.18 Å². The number of amides is 1. The number of methoxy groups -OCH3 is 1. The van der Waals surface area contributed by atoms with Crippen molar-refractivity contribution >= 4 is 17.3 Å². The third kappa shape index (κ3) is 4.20. The van der Waals surface area contributed by atoms with Crippen molar-refractivity contribution in [2.24, 2.45) is 0 Å². The van der Waals surface area contributed by atoms with Gasteiger partial charge in [-0.1, -0.05) is 12.0 Å². The average molecular weight is 468 g/mol. The zero-order valence-corrected chi connectivity index (χ0v) is 19.2. The Hall–Kier alpha value is -4.64. The fourth-order valence-corrected chi connectivity index (χ4v) is 4.07. The van der Waals surface area contributed by atoms with Gasteiger partial charge in [-0.15, -0.1) is 0 Å². The lowest BCUT2D eigenvalue weighted by atomic mass is 10.0. The van der Waals surface area contributed by atoms with Gasteiger partial charge in [-0.3, -0.25) is 9.78 Å². The zero-order chi connectivity index (χ0) is 24.4. The van der Waals surface area contributed by atoms with E-state index in [4.69, 9.17) is 4.74 Å². The predicted molar refractivity (Wildman–Crippen MR) is 131 cm³/mol. The lowest BCUT2D eigenvalue weighted by Gasteiger charge is -2.16. The topological polar surface area (TPSA) is 91.9 Å². The Morgan fingerprint density at radius 2 is 2.03 bits per heavy atom. The van der Waals surface area contributed by atoms with Crippen LogP contribution in [0.25, 0.3) is 11.3 Å². The van der Waals surface area contributed by atoms with E-state index in [-0.39, 0.29) is 11.7 Å². The van der Waals surface area contributed by atoms with E-state index in [1.807, 2.05) is 6.07 Å². The number of benzene rings is 1. The van der Waals surface area contributed by atoms with E-state index in [0.29, 0.717) is 58.2 Å². The molecule has 0 bridgehead atoms. The SMILES string of the molecule is COc1cccnc1C#Cc1cnccc1-c1[nH]c2c(c1Nc1cccc(F)c1C)C(=O)NCC2. The van der Waals surface area contributed by atoms with Crippen molar-refractivity contribution in [2.45, 2.75) is 13.3 Å². The van der Waals surface area contributed by atoms with Crippen LogP contribution in [0.5, 0.6) is 5.75 Å². The van der Waals surface area contributed by atoms with E-state index < -0.39 is 0 Å². The number of pyridine rings is 2. The van der Waals surface area contributed by atoms with Crippen LogP contribution in [0.15, 0.2) is 55.0 Å². The average Bonchev–Trinajstić information content (AvgIpc) is 3.25. The van der Waals surface area contributed by atoms with Crippen LogP contribution < -0.4 is 15.4 Å². The fourth-order valence-electron chi connectivity index (χ4n) is 4.07. The number of carbonyl (C=O) groups excluding carboxylic acids is 1. The Bertz CT molecular complexity index is 1500. The van der Waals surface area contributed by atoms with Gasteiger partial charge >= 0.3 is 0 Å². The molecule has 3 aromatic heterocycles. The van der Waals surface area contributed by atoms with Gasteiger partial charge in [-0.2, -0.15) is 0 Å². The number of fused-ring (bicyclic) bond motifs is 1. The van der Waals surface area contributed by atoms with Crippen LogP contribution in [0.4, 0.5) is 15.8 Å². The van der Waals surface area contributed by atoms with Gasteiger partial charge in [-0.05, 0) is 43.2 Å². The van der Waals surface area contributed by atoms with Crippen LogP contribution >= 0.6 is 0 Å². The van der Waals surface area contributed by atoms with Crippen LogP contribution in [0.3, 0.4) is 0 Å². The maximum absolute atomic E-state index is 14.3. The molecule has 0 aliphatic carbocycles. The molecule has 0 radical (unpaired) electrons. The molecule has 1 aliphatic rings. The van der Waals surface area contributed by atoms with E-state index in [0.717, 1.165) is 11.3 Å². The number of carbonyl (C=O) groups is 1. The molecule has 8 heteroatoms. The minimum atomic E-state index is -0.329. The Labute approximate surface area is 201 Å². The normalized spacial score (nSPS) is 12.3. The number of rotatable bonds is 4. The third-order valence-electron chi connectivity index (χ3n) is 5.89. The van der Waals surface area contributed by atoms with Gasteiger partial charge in [0.2, 0.25) is 0 Å². The molecular weight excluding hydrogens is 445 g/mol. The van der Waals surface area contributed by atoms with Crippen LogP contribution in [-0.4, -0.2) is 34.5 Å². The molecular formula is C27H22FN5O2. The van der Waals surface area contributed by atoms with Crippen molar-refractivity contribution in [2.75, 3.05) is 19.0 Å². The molecule has 0 spiro atoms. The molecule has 0 saturated carbocycles. The Kier molecular flexibility index (Phi) is 5.90. The molecule has 35 heavy (non-hydrogen) atoms. The van der Waals surface area contributed by atoms with Crippen molar-refractivity contribution in [1.29, 1.82) is 0 Å². The number of hydrogen-bond acceptors (Lipinski definition) is 5. The summed E-state index contributed by atoms with van der Waals surface area (Å²) < 4.78 is 19.6. The first-order chi connectivity index (χ1) is 17.1. The zero-order valence-electron chi connectivity index (χ0n) is 19.2. The molecule has 0 fully saturated rings. The fraction of sp³-hybridized carbons (Fsp3) is 0.148. The molecule has 4 aromatic rings. The van der Waals surface area contributed by atoms with E-state index in [1.165, 1.54) is 6.07 Å². The number of aromatic amines is 1. The monoisotopic (exact) mass is 467 g/mol. The van der Waals surface area contributed by atoms with Gasteiger partial charge in [0.1, 0.15) is 5.82 Å². The summed E-state index contributed by atoms with van der Waals surface area (Å²) in [6, 6.07) is 10.2. The summed E-state index contributed by atoms with van der Waals surface area (Å²) in [4.78, 5) is 24.8. The largest absolute Gasteiger partial charge is 0.494 e. The first-order valence-corrected chi connectivity index (χ1v) is 11.1. The molecule has 1 aromatic carbocycles. The second-order valence-corrected chi connectivity index (χ2v) is 8.00. The predicted octanol–water partition coefficient (Wildman–Crippen LogP) is 4.36. The number of ether oxygens (including phenoxy) is 1. The quantitative estimate of drug-likeness (QED) is 0.388. The summed E-state index contributed by atoms with van der Waals surface area (Å²) in [5.74, 6) is 6.25. The molecule has 3 N–H and O–H groups in total. The highest BCUT2D eigenvalue weighted by molar-refractivity contribution is 6.06. The number of anilines is 2.